The first kappa shape index (κ1) is 103. The molecule has 9 aliphatic rings. The number of aryl methyl sites for hydroxylation is 3. The molecule has 0 aromatic carbocycles. The van der Waals surface area contributed by atoms with Crippen LogP contribution >= 0.6 is 11.3 Å². The molecular weight excluding hydrogens is 1670 g/mol. The van der Waals surface area contributed by atoms with Gasteiger partial charge < -0.3 is 10.8 Å². The number of amides is 1. The van der Waals surface area contributed by atoms with Crippen molar-refractivity contribution < 1.29 is 93.7 Å². The van der Waals surface area contributed by atoms with Gasteiger partial charge in [0.25, 0.3) is 0 Å². The third-order valence-corrected chi connectivity index (χ3v) is 29.1. The molecule has 21 nitrogen and oxygen atoms in total. The number of rotatable bonds is 19. The van der Waals surface area contributed by atoms with Crippen molar-refractivity contribution in [2.45, 2.75) is 339 Å². The Balaban J connectivity index is 0.000000191. The molecule has 9 fully saturated rings. The van der Waals surface area contributed by atoms with E-state index in [2.05, 4.69) is 71.8 Å². The predicted octanol–water partition coefficient (Wildman–Crippen LogP) is 20.2. The minimum Gasteiger partial charge on any atom is -0.396 e. The van der Waals surface area contributed by atoms with Crippen LogP contribution in [0.25, 0.3) is 0 Å². The molecule has 40 heteroatoms. The number of primary amides is 1. The maximum absolute atomic E-state index is 13.1. The zero-order chi connectivity index (χ0) is 93.5. The Hall–Kier alpha value is -6.90. The Morgan fingerprint density at radius 1 is 0.415 bits per heavy atom. The predicted molar refractivity (Wildman–Crippen MR) is 426 cm³/mol. The standard InChI is InChI=1S/3C10H15F2N3.C10H16F2O.2C9H13F2N3.C9H12F2N2S.C8H13F2NO.C8H14F2O/c1-7(2)9(5-10(11,12)6-9)8-4-15(3)14-13-8;1-7(2)9(5-10(11,12)6-9)8-4-13-14-15(8)3;1-7(2)9(5-10(11,12)6-9)8-4-13-15(3)14-8;1-4-8(13)9(7(2)3)5-10(11,12)6-9;2*1-6(2)8(4-9(10,11)5-8)7-3-12-14-13-7;1-6(2)8(3-9(10,11)4-8)7-13-12-5-14-7;1-5(2)7(6(11)12)3-8(9,10)4-7;1-6(2)7(5-11)3-8(9,10)4-7/h3*4,7H,5-6H2,1-3H3;7H,4-6H2,1-3H3;2*3,6H,4-5H2,1-2H3,(H,12,13,14);5-6H,3-4H2,1-2H3;5H,3-4H2,1-2H3,(H2,11,12);6,11H,3-5H2,1-2H3. The summed E-state index contributed by atoms with van der Waals surface area (Å²) in [5.74, 6) is -22.5. The van der Waals surface area contributed by atoms with Crippen molar-refractivity contribution in [3.63, 3.8) is 0 Å². The maximum atomic E-state index is 13.1. The molecule has 6 aromatic rings. The Morgan fingerprint density at radius 3 is 0.984 bits per heavy atom. The molecule has 0 bridgehead atoms. The average Bonchev–Trinajstić information content (AvgIpc) is 1.65. The van der Waals surface area contributed by atoms with Gasteiger partial charge in [0.1, 0.15) is 16.3 Å². The summed E-state index contributed by atoms with van der Waals surface area (Å²) in [6.45, 7) is 36.1. The minimum atomic E-state index is -2.68. The lowest BCUT2D eigenvalue weighted by atomic mass is 9.57. The maximum Gasteiger partial charge on any atom is 0.250 e. The Bertz CT molecular complexity index is 4080. The van der Waals surface area contributed by atoms with Gasteiger partial charge in [0.2, 0.25) is 59.2 Å². The Kier molecular flexibility index (Phi) is 30.8. The number of halogens is 18. The fourth-order valence-electron chi connectivity index (χ4n) is 19.2. The molecule has 9 aliphatic carbocycles. The number of alkyl halides is 18. The van der Waals surface area contributed by atoms with Crippen LogP contribution in [0.3, 0.4) is 0 Å². The number of hydrogen-bond acceptors (Lipinski definition) is 16. The van der Waals surface area contributed by atoms with Crippen molar-refractivity contribution in [3.8, 4) is 0 Å². The number of Topliss-reactive ketones (excluding diaryl/α,β-unsaturated/α-hetero) is 1. The highest BCUT2D eigenvalue weighted by Gasteiger charge is 2.67. The second-order valence-corrected chi connectivity index (χ2v) is 40.2. The molecule has 15 rings (SSSR count). The van der Waals surface area contributed by atoms with Gasteiger partial charge in [-0.15, -0.1) is 31.7 Å². The lowest BCUT2D eigenvalue weighted by Crippen LogP contribution is -2.56. The summed E-state index contributed by atoms with van der Waals surface area (Å²) < 4.78 is 235. The fourth-order valence-corrected chi connectivity index (χ4v) is 20.1. The number of carbonyl (C=O) groups is 2. The lowest BCUT2D eigenvalue weighted by molar-refractivity contribution is -0.193. The molecule has 0 radical (unpaired) electrons. The lowest BCUT2D eigenvalue weighted by Gasteiger charge is -2.49. The van der Waals surface area contributed by atoms with E-state index >= 15 is 0 Å². The summed E-state index contributed by atoms with van der Waals surface area (Å²) >= 11 is 1.38. The third kappa shape index (κ3) is 22.3. The molecule has 0 aliphatic heterocycles. The van der Waals surface area contributed by atoms with E-state index in [1.165, 1.54) is 16.1 Å². The summed E-state index contributed by atoms with van der Waals surface area (Å²) in [6.07, 6.45) is 5.73. The second kappa shape index (κ2) is 36.7. The Labute approximate surface area is 712 Å². The van der Waals surface area contributed by atoms with Gasteiger partial charge in [0, 0.05) is 199 Å². The van der Waals surface area contributed by atoms with Crippen LogP contribution in [0, 0.1) is 69.5 Å². The molecule has 1 amide bonds. The first-order chi connectivity index (χ1) is 56.0. The quantitative estimate of drug-likeness (QED) is 0.0549. The Morgan fingerprint density at radius 2 is 0.756 bits per heavy atom. The van der Waals surface area contributed by atoms with Crippen LogP contribution in [-0.4, -0.2) is 163 Å². The summed E-state index contributed by atoms with van der Waals surface area (Å²) in [6, 6.07) is 0. The monoisotopic (exact) mass is 1800 g/mol. The van der Waals surface area contributed by atoms with Gasteiger partial charge >= 0.3 is 0 Å². The van der Waals surface area contributed by atoms with Gasteiger partial charge in [0.15, 0.2) is 0 Å². The van der Waals surface area contributed by atoms with Gasteiger partial charge in [-0.3, -0.25) is 19.0 Å². The number of aliphatic hydroxyl groups excluding tert-OH is 1. The van der Waals surface area contributed by atoms with Crippen LogP contribution < -0.4 is 5.73 Å². The molecule has 6 aromatic heterocycles. The zero-order valence-electron chi connectivity index (χ0n) is 74.6. The number of nitrogens with zero attached hydrogens (tertiary/aromatic N) is 15. The van der Waals surface area contributed by atoms with Crippen molar-refractivity contribution in [2.24, 2.45) is 96.4 Å². The molecule has 0 unspecified atom stereocenters. The number of carbonyl (C=O) groups excluding carboxylic acids is 2. The SMILES string of the molecule is CC(C)C1(C(N)=O)CC(F)(F)C1.CC(C)C1(CO)CC(F)(F)C1.CC(C)C1(c2cn(C)nn2)CC(F)(F)C1.CC(C)C1(c2cn[nH]n2)CC(F)(F)C1.CC(C)C1(c2cn[nH]n2)CC(F)(F)C1.CC(C)C1(c2cnn(C)n2)CC(F)(F)C1.CC(C)C1(c2cnnn2C)CC(F)(F)C1.CC(C)C1(c2nncs2)CC(F)(F)C1.CCC(=O)C1(C(C)C)CC(F)(F)C1. The van der Waals surface area contributed by atoms with E-state index in [9.17, 15) is 88.6 Å². The van der Waals surface area contributed by atoms with Crippen molar-refractivity contribution >= 4 is 23.0 Å². The van der Waals surface area contributed by atoms with Crippen LogP contribution in [0.5, 0.6) is 0 Å². The summed E-state index contributed by atoms with van der Waals surface area (Å²) in [4.78, 5) is 23.9. The number of H-pyrrole nitrogens is 2. The first-order valence-electron chi connectivity index (χ1n) is 42.0. The first-order valence-corrected chi connectivity index (χ1v) is 42.8. The van der Waals surface area contributed by atoms with E-state index in [4.69, 9.17) is 10.8 Å². The van der Waals surface area contributed by atoms with Crippen molar-refractivity contribution in [3.05, 3.63) is 70.0 Å². The van der Waals surface area contributed by atoms with E-state index in [-0.39, 0.29) is 181 Å². The number of aliphatic hydroxyl groups is 1. The molecule has 6 heterocycles. The van der Waals surface area contributed by atoms with E-state index < -0.39 is 108 Å². The van der Waals surface area contributed by atoms with Crippen LogP contribution in [-0.2, 0) is 63.2 Å². The van der Waals surface area contributed by atoms with Gasteiger partial charge in [-0.1, -0.05) is 142 Å². The van der Waals surface area contributed by atoms with E-state index in [0.29, 0.717) is 29.2 Å². The normalized spacial score (nSPS) is 23.8. The molecule has 0 atom stereocenters. The largest absolute Gasteiger partial charge is 0.396 e. The van der Waals surface area contributed by atoms with Gasteiger partial charge in [-0.25, -0.2) is 79.0 Å². The molecule has 9 saturated carbocycles. The summed E-state index contributed by atoms with van der Waals surface area (Å²) in [5.41, 5.74) is 5.30. The summed E-state index contributed by atoms with van der Waals surface area (Å²) in [7, 11) is 5.21. The smallest absolute Gasteiger partial charge is 0.250 e. The van der Waals surface area contributed by atoms with Crippen molar-refractivity contribution in [1.29, 1.82) is 0 Å². The van der Waals surface area contributed by atoms with Crippen LogP contribution in [0.15, 0.2) is 36.5 Å². The highest BCUT2D eigenvalue weighted by atomic mass is 32.1. The van der Waals surface area contributed by atoms with Crippen molar-refractivity contribution in [1.82, 2.24) is 86.0 Å². The second-order valence-electron chi connectivity index (χ2n) is 39.4. The molecule has 0 spiro atoms. The number of aromatic amines is 2. The topological polar surface area (TPSA) is 281 Å². The van der Waals surface area contributed by atoms with Crippen LogP contribution in [0.1, 0.15) is 287 Å². The van der Waals surface area contributed by atoms with Gasteiger partial charge in [0.05, 0.1) is 58.7 Å². The van der Waals surface area contributed by atoms with E-state index in [1.807, 2.05) is 111 Å². The minimum absolute atomic E-state index is 0.00609. The third-order valence-electron chi connectivity index (χ3n) is 28.2. The van der Waals surface area contributed by atoms with Gasteiger partial charge in [-0.05, 0) is 53.3 Å². The van der Waals surface area contributed by atoms with Crippen molar-refractivity contribution in [2.75, 3.05) is 6.61 Å². The molecule has 698 valence electrons. The number of ketones is 1. The van der Waals surface area contributed by atoms with E-state index in [0.717, 1.165) is 10.7 Å². The molecule has 123 heavy (non-hydrogen) atoms. The highest BCUT2D eigenvalue weighted by Crippen LogP contribution is 2.64. The average molecular weight is 1800 g/mol. The van der Waals surface area contributed by atoms with E-state index in [1.54, 1.807) is 87.8 Å². The summed E-state index contributed by atoms with van der Waals surface area (Å²) in [5, 5.41) is 61.0. The number of aromatic nitrogens is 17. The highest BCUT2D eigenvalue weighted by molar-refractivity contribution is 7.09. The number of nitrogens with one attached hydrogen (secondary N) is 2. The fraction of sp³-hybridized carbons (Fsp3) is 0.831. The van der Waals surface area contributed by atoms with Crippen LogP contribution in [0.4, 0.5) is 79.0 Å². The molecular formula is C83H126F18N18O3S. The zero-order valence-corrected chi connectivity index (χ0v) is 75.4. The number of nitrogens with two attached hydrogens (primary N) is 1. The number of hydrogen-bond donors (Lipinski definition) is 4. The molecule has 5 N–H and O–H groups in total. The molecule has 0 saturated heterocycles. The van der Waals surface area contributed by atoms with Gasteiger partial charge in [-0.2, -0.15) is 45.8 Å². The van der Waals surface area contributed by atoms with Crippen LogP contribution in [0.2, 0.25) is 0 Å².